The molecule has 0 spiro atoms. The lowest BCUT2D eigenvalue weighted by Crippen LogP contribution is -2.48. The average Bonchev–Trinajstić information content (AvgIpc) is 3.20. The molecule has 0 aromatic rings. The Morgan fingerprint density at radius 1 is 1.21 bits per heavy atom. The number of amides is 2. The quantitative estimate of drug-likeness (QED) is 0.674. The molecule has 9 heteroatoms. The van der Waals surface area contributed by atoms with Crippen molar-refractivity contribution in [2.75, 3.05) is 39.5 Å². The van der Waals surface area contributed by atoms with Gasteiger partial charge in [-0.05, 0) is 23.7 Å². The van der Waals surface area contributed by atoms with E-state index in [-0.39, 0.29) is 54.3 Å². The first kappa shape index (κ1) is 21.7. The summed E-state index contributed by atoms with van der Waals surface area (Å²) in [6.45, 7) is 7.71. The molecule has 2 N–H and O–H groups in total. The molecule has 3 aliphatic heterocycles. The molecule has 0 aliphatic carbocycles. The minimum Gasteiger partial charge on any atom is -0.465 e. The van der Waals surface area contributed by atoms with Crippen molar-refractivity contribution in [3.8, 4) is 0 Å². The average molecular weight is 412 g/mol. The van der Waals surface area contributed by atoms with E-state index in [1.54, 1.807) is 4.90 Å². The van der Waals surface area contributed by atoms with Crippen molar-refractivity contribution in [3.63, 3.8) is 0 Å². The van der Waals surface area contributed by atoms with Crippen LogP contribution in [-0.2, 0) is 14.3 Å². The molecular formula is C20H32N2O7. The minimum atomic E-state index is -0.997. The molecule has 0 aromatic carbocycles. The third-order valence-corrected chi connectivity index (χ3v) is 6.53. The molecule has 3 saturated heterocycles. The Balaban J connectivity index is 1.65. The van der Waals surface area contributed by atoms with Gasteiger partial charge in [0.2, 0.25) is 0 Å². The zero-order valence-corrected chi connectivity index (χ0v) is 17.4. The van der Waals surface area contributed by atoms with Crippen molar-refractivity contribution in [1.82, 2.24) is 9.80 Å². The Morgan fingerprint density at radius 3 is 2.52 bits per heavy atom. The van der Waals surface area contributed by atoms with E-state index < -0.39 is 12.2 Å². The number of nitrogens with zero attached hydrogens (tertiary/aromatic N) is 2. The first-order chi connectivity index (χ1) is 13.6. The van der Waals surface area contributed by atoms with Gasteiger partial charge in [-0.2, -0.15) is 0 Å². The number of hydrogen-bond donors (Lipinski definition) is 2. The van der Waals surface area contributed by atoms with Crippen molar-refractivity contribution < 1.29 is 34.1 Å². The van der Waals surface area contributed by atoms with Crippen LogP contribution >= 0.6 is 0 Å². The van der Waals surface area contributed by atoms with Crippen LogP contribution in [0.2, 0.25) is 0 Å². The van der Waals surface area contributed by atoms with Crippen LogP contribution < -0.4 is 0 Å². The summed E-state index contributed by atoms with van der Waals surface area (Å²) in [7, 11) is 0. The van der Waals surface area contributed by atoms with Crippen LogP contribution in [-0.4, -0.2) is 83.7 Å². The van der Waals surface area contributed by atoms with Crippen LogP contribution in [0.1, 0.15) is 33.6 Å². The van der Waals surface area contributed by atoms with E-state index in [2.05, 4.69) is 20.8 Å². The number of aliphatic hydroxyl groups is 1. The molecule has 3 heterocycles. The topological polar surface area (TPSA) is 117 Å². The summed E-state index contributed by atoms with van der Waals surface area (Å²) in [4.78, 5) is 39.0. The van der Waals surface area contributed by atoms with Crippen molar-refractivity contribution in [2.45, 2.75) is 39.7 Å². The number of aliphatic hydroxyl groups excluding tert-OH is 1. The summed E-state index contributed by atoms with van der Waals surface area (Å²) in [5.74, 6) is -0.222. The molecule has 0 bridgehead atoms. The van der Waals surface area contributed by atoms with E-state index in [1.165, 1.54) is 4.90 Å². The Morgan fingerprint density at radius 2 is 1.90 bits per heavy atom. The summed E-state index contributed by atoms with van der Waals surface area (Å²) in [6, 6.07) is -0.0968. The highest BCUT2D eigenvalue weighted by Crippen LogP contribution is 2.43. The monoisotopic (exact) mass is 412 g/mol. The highest BCUT2D eigenvalue weighted by atomic mass is 16.6. The summed E-state index contributed by atoms with van der Waals surface area (Å²) < 4.78 is 10.9. The SMILES string of the molecule is CC(C)(C)[C@@H]1[C@H]2COC(=O)CC2CN1C(=O)OCC1CN(C(=O)O)CC1CCO. The smallest absolute Gasteiger partial charge is 0.410 e. The Kier molecular flexibility index (Phi) is 6.26. The highest BCUT2D eigenvalue weighted by molar-refractivity contribution is 5.72. The van der Waals surface area contributed by atoms with Crippen LogP contribution in [0.5, 0.6) is 0 Å². The normalized spacial score (nSPS) is 32.1. The predicted octanol–water partition coefficient (Wildman–Crippen LogP) is 1.64. The van der Waals surface area contributed by atoms with Gasteiger partial charge in [-0.1, -0.05) is 20.8 Å². The lowest BCUT2D eigenvalue weighted by atomic mass is 9.75. The number of likely N-dealkylation sites (tertiary alicyclic amines) is 2. The zero-order chi connectivity index (χ0) is 21.3. The second kappa shape index (κ2) is 8.38. The summed E-state index contributed by atoms with van der Waals surface area (Å²) >= 11 is 0. The summed E-state index contributed by atoms with van der Waals surface area (Å²) in [5.41, 5.74) is -0.199. The number of hydrogen-bond acceptors (Lipinski definition) is 6. The molecular weight excluding hydrogens is 380 g/mol. The van der Waals surface area contributed by atoms with E-state index >= 15 is 0 Å². The van der Waals surface area contributed by atoms with Crippen molar-refractivity contribution >= 4 is 18.2 Å². The molecule has 29 heavy (non-hydrogen) atoms. The lowest BCUT2D eigenvalue weighted by molar-refractivity contribution is -0.152. The number of cyclic esters (lactones) is 1. The summed E-state index contributed by atoms with van der Waals surface area (Å²) in [5, 5.41) is 18.5. The maximum atomic E-state index is 13.0. The largest absolute Gasteiger partial charge is 0.465 e. The van der Waals surface area contributed by atoms with Gasteiger partial charge in [-0.25, -0.2) is 9.59 Å². The second-order valence-corrected chi connectivity index (χ2v) is 9.57. The van der Waals surface area contributed by atoms with Gasteiger partial charge in [0.1, 0.15) is 0 Å². The lowest BCUT2D eigenvalue weighted by Gasteiger charge is -2.38. The minimum absolute atomic E-state index is 0.0296. The van der Waals surface area contributed by atoms with Gasteiger partial charge < -0.3 is 29.5 Å². The fourth-order valence-corrected chi connectivity index (χ4v) is 5.23. The zero-order valence-electron chi connectivity index (χ0n) is 17.4. The Bertz CT molecular complexity index is 647. The number of fused-ring (bicyclic) bond motifs is 1. The fourth-order valence-electron chi connectivity index (χ4n) is 5.23. The maximum Gasteiger partial charge on any atom is 0.410 e. The van der Waals surface area contributed by atoms with E-state index in [4.69, 9.17) is 9.47 Å². The highest BCUT2D eigenvalue weighted by Gasteiger charge is 2.52. The molecule has 0 aromatic heterocycles. The number of carboxylic acid groups (broad SMARTS) is 1. The molecule has 3 rings (SSSR count). The van der Waals surface area contributed by atoms with Crippen LogP contribution in [0.4, 0.5) is 9.59 Å². The molecule has 3 unspecified atom stereocenters. The maximum absolute atomic E-state index is 13.0. The van der Waals surface area contributed by atoms with Gasteiger partial charge in [0.25, 0.3) is 0 Å². The van der Waals surface area contributed by atoms with E-state index in [9.17, 15) is 24.6 Å². The van der Waals surface area contributed by atoms with Crippen molar-refractivity contribution in [2.24, 2.45) is 29.1 Å². The second-order valence-electron chi connectivity index (χ2n) is 9.57. The van der Waals surface area contributed by atoms with Crippen LogP contribution in [0.15, 0.2) is 0 Å². The third kappa shape index (κ3) is 4.60. The molecule has 0 radical (unpaired) electrons. The molecule has 0 saturated carbocycles. The fraction of sp³-hybridized carbons (Fsp3) is 0.850. The van der Waals surface area contributed by atoms with E-state index in [1.807, 2.05) is 0 Å². The standard InChI is InChI=1S/C20H32N2O7/c1-20(2,3)17-15-11-28-16(24)6-13(15)9-22(17)19(27)29-10-14-8-21(18(25)26)7-12(14)4-5-23/h12-15,17,23H,4-11H2,1-3H3,(H,25,26)/t12?,13?,14?,15-,17-/m0/s1. The first-order valence-electron chi connectivity index (χ1n) is 10.3. The molecule has 5 atom stereocenters. The molecule has 3 aliphatic rings. The Hall–Kier alpha value is -2.03. The van der Waals surface area contributed by atoms with Gasteiger partial charge in [0.05, 0.1) is 19.6 Å². The van der Waals surface area contributed by atoms with Crippen molar-refractivity contribution in [3.05, 3.63) is 0 Å². The van der Waals surface area contributed by atoms with Gasteiger partial charge in [-0.15, -0.1) is 0 Å². The molecule has 3 fully saturated rings. The number of carbonyl (C=O) groups is 3. The molecule has 2 amide bonds. The van der Waals surface area contributed by atoms with Gasteiger partial charge in [0, 0.05) is 44.1 Å². The predicted molar refractivity (Wildman–Crippen MR) is 102 cm³/mol. The van der Waals surface area contributed by atoms with E-state index in [0.29, 0.717) is 39.1 Å². The number of carbonyl (C=O) groups excluding carboxylic acids is 2. The van der Waals surface area contributed by atoms with Crippen LogP contribution in [0.3, 0.4) is 0 Å². The van der Waals surface area contributed by atoms with Crippen molar-refractivity contribution in [1.29, 1.82) is 0 Å². The first-order valence-corrected chi connectivity index (χ1v) is 10.3. The van der Waals surface area contributed by atoms with Crippen LogP contribution in [0.25, 0.3) is 0 Å². The van der Waals surface area contributed by atoms with Gasteiger partial charge in [0.15, 0.2) is 0 Å². The Labute approximate surface area is 170 Å². The number of ether oxygens (including phenoxy) is 2. The van der Waals surface area contributed by atoms with E-state index in [0.717, 1.165) is 0 Å². The van der Waals surface area contributed by atoms with Crippen LogP contribution in [0, 0.1) is 29.1 Å². The molecule has 9 nitrogen and oxygen atoms in total. The molecule has 164 valence electrons. The number of rotatable bonds is 4. The van der Waals surface area contributed by atoms with Gasteiger partial charge in [-0.3, -0.25) is 4.79 Å². The third-order valence-electron chi connectivity index (χ3n) is 6.53. The summed E-state index contributed by atoms with van der Waals surface area (Å²) in [6.07, 6.45) is -0.633. The van der Waals surface area contributed by atoms with Gasteiger partial charge >= 0.3 is 18.2 Å². The number of esters is 1.